The Hall–Kier alpha value is -1.58. The summed E-state index contributed by atoms with van der Waals surface area (Å²) in [4.78, 5) is 4.48. The molecule has 1 aliphatic rings. The lowest BCUT2D eigenvalue weighted by Gasteiger charge is -2.20. The van der Waals surface area contributed by atoms with E-state index in [9.17, 15) is 0 Å². The molecule has 0 saturated carbocycles. The molecule has 0 saturated heterocycles. The van der Waals surface area contributed by atoms with Crippen LogP contribution in [0.4, 0.5) is 0 Å². The number of hydrogen-bond acceptors (Lipinski definition) is 3. The van der Waals surface area contributed by atoms with Crippen molar-refractivity contribution in [1.29, 1.82) is 0 Å². The molecule has 2 aromatic rings. The summed E-state index contributed by atoms with van der Waals surface area (Å²) in [5.74, 6) is 1.00. The number of fused-ring (bicyclic) bond motifs is 1. The van der Waals surface area contributed by atoms with Crippen LogP contribution in [0.2, 0.25) is 5.02 Å². The van der Waals surface area contributed by atoms with Crippen LogP contribution in [0.25, 0.3) is 0 Å². The highest BCUT2D eigenvalue weighted by molar-refractivity contribution is 6.31. The molecule has 0 fully saturated rings. The summed E-state index contributed by atoms with van der Waals surface area (Å²) in [6, 6.07) is 10.1. The Morgan fingerprint density at radius 1 is 1.38 bits per heavy atom. The standard InChI is InChI=1S/C17H19ClN2O/c1-2-8-19-16(17-14(18)4-3-9-20-17)13-5-6-15-12(11-13)7-10-21-15/h3-6,9,11,16,19H,2,7-8,10H2,1H3. The van der Waals surface area contributed by atoms with Gasteiger partial charge in [-0.2, -0.15) is 0 Å². The molecule has 0 amide bonds. The third-order valence-electron chi connectivity index (χ3n) is 3.71. The Morgan fingerprint density at radius 2 is 2.29 bits per heavy atom. The quantitative estimate of drug-likeness (QED) is 0.913. The number of ether oxygens (including phenoxy) is 1. The van der Waals surface area contributed by atoms with Gasteiger partial charge in [0.05, 0.1) is 23.4 Å². The Kier molecular flexibility index (Phi) is 4.42. The SMILES string of the molecule is CCCNC(c1ccc2c(c1)CCO2)c1ncccc1Cl. The lowest BCUT2D eigenvalue weighted by molar-refractivity contribution is 0.357. The smallest absolute Gasteiger partial charge is 0.122 e. The Balaban J connectivity index is 1.97. The number of aromatic nitrogens is 1. The molecule has 1 aliphatic heterocycles. The summed E-state index contributed by atoms with van der Waals surface area (Å²) < 4.78 is 5.58. The van der Waals surface area contributed by atoms with Crippen molar-refractivity contribution in [3.63, 3.8) is 0 Å². The zero-order valence-corrected chi connectivity index (χ0v) is 12.9. The third-order valence-corrected chi connectivity index (χ3v) is 4.03. The Bertz CT molecular complexity index is 630. The van der Waals surface area contributed by atoms with Gasteiger partial charge < -0.3 is 10.1 Å². The van der Waals surface area contributed by atoms with Gasteiger partial charge in [0.15, 0.2) is 0 Å². The first kappa shape index (κ1) is 14.4. The van der Waals surface area contributed by atoms with E-state index < -0.39 is 0 Å². The van der Waals surface area contributed by atoms with Gasteiger partial charge in [-0.15, -0.1) is 0 Å². The van der Waals surface area contributed by atoms with Crippen LogP contribution < -0.4 is 10.1 Å². The first-order valence-electron chi connectivity index (χ1n) is 7.39. The lowest BCUT2D eigenvalue weighted by Crippen LogP contribution is -2.24. The van der Waals surface area contributed by atoms with E-state index in [0.29, 0.717) is 5.02 Å². The van der Waals surface area contributed by atoms with E-state index in [1.165, 1.54) is 11.1 Å². The van der Waals surface area contributed by atoms with Crippen molar-refractivity contribution in [3.8, 4) is 5.75 Å². The molecule has 110 valence electrons. The summed E-state index contributed by atoms with van der Waals surface area (Å²) >= 11 is 6.34. The number of rotatable bonds is 5. The molecule has 1 aromatic carbocycles. The number of hydrogen-bond donors (Lipinski definition) is 1. The second-order valence-corrected chi connectivity index (χ2v) is 5.63. The largest absolute Gasteiger partial charge is 0.493 e. The van der Waals surface area contributed by atoms with Crippen LogP contribution in [0, 0.1) is 0 Å². The number of nitrogens with one attached hydrogen (secondary N) is 1. The maximum absolute atomic E-state index is 6.34. The average molecular weight is 303 g/mol. The molecule has 3 nitrogen and oxygen atoms in total. The molecular formula is C17H19ClN2O. The molecule has 4 heteroatoms. The van der Waals surface area contributed by atoms with Crippen molar-refractivity contribution in [2.24, 2.45) is 0 Å². The number of benzene rings is 1. The van der Waals surface area contributed by atoms with Crippen molar-refractivity contribution >= 4 is 11.6 Å². The zero-order chi connectivity index (χ0) is 14.7. The maximum Gasteiger partial charge on any atom is 0.122 e. The molecule has 0 spiro atoms. The van der Waals surface area contributed by atoms with E-state index in [1.54, 1.807) is 6.20 Å². The molecule has 1 aromatic heterocycles. The highest BCUT2D eigenvalue weighted by atomic mass is 35.5. The second-order valence-electron chi connectivity index (χ2n) is 5.22. The van der Waals surface area contributed by atoms with Crippen LogP contribution in [-0.2, 0) is 6.42 Å². The molecule has 0 aliphatic carbocycles. The highest BCUT2D eigenvalue weighted by Gasteiger charge is 2.20. The minimum atomic E-state index is 0.0181. The van der Waals surface area contributed by atoms with Gasteiger partial charge in [0.25, 0.3) is 0 Å². The summed E-state index contributed by atoms with van der Waals surface area (Å²) in [5, 5.41) is 4.24. The molecule has 1 unspecified atom stereocenters. The van der Waals surface area contributed by atoms with Crippen molar-refractivity contribution < 1.29 is 4.74 Å². The van der Waals surface area contributed by atoms with Crippen molar-refractivity contribution in [2.45, 2.75) is 25.8 Å². The summed E-state index contributed by atoms with van der Waals surface area (Å²) in [6.07, 6.45) is 3.83. The van der Waals surface area contributed by atoms with Gasteiger partial charge in [-0.1, -0.05) is 30.7 Å². The molecule has 1 N–H and O–H groups in total. The van der Waals surface area contributed by atoms with Crippen molar-refractivity contribution in [2.75, 3.05) is 13.2 Å². The van der Waals surface area contributed by atoms with Crippen LogP contribution in [-0.4, -0.2) is 18.1 Å². The molecule has 2 heterocycles. The third kappa shape index (κ3) is 3.04. The van der Waals surface area contributed by atoms with Crippen molar-refractivity contribution in [3.05, 3.63) is 58.4 Å². The Labute approximate surface area is 130 Å². The van der Waals surface area contributed by atoms with E-state index in [1.807, 2.05) is 12.1 Å². The van der Waals surface area contributed by atoms with E-state index in [-0.39, 0.29) is 6.04 Å². The van der Waals surface area contributed by atoms with E-state index in [2.05, 4.69) is 35.4 Å². The minimum Gasteiger partial charge on any atom is -0.493 e. The van der Waals surface area contributed by atoms with Gasteiger partial charge >= 0.3 is 0 Å². The predicted octanol–water partition coefficient (Wildman–Crippen LogP) is 3.76. The molecule has 3 rings (SSSR count). The van der Waals surface area contributed by atoms with Crippen LogP contribution in [0.15, 0.2) is 36.5 Å². The van der Waals surface area contributed by atoms with Crippen LogP contribution in [0.1, 0.15) is 36.2 Å². The highest BCUT2D eigenvalue weighted by Crippen LogP contribution is 2.32. The molecule has 0 radical (unpaired) electrons. The summed E-state index contributed by atoms with van der Waals surface area (Å²) in [6.45, 7) is 3.85. The predicted molar refractivity (Wildman–Crippen MR) is 85.0 cm³/mol. The first-order valence-corrected chi connectivity index (χ1v) is 7.77. The van der Waals surface area contributed by atoms with Crippen molar-refractivity contribution in [1.82, 2.24) is 10.3 Å². The van der Waals surface area contributed by atoms with Gasteiger partial charge in [0, 0.05) is 12.6 Å². The van der Waals surface area contributed by atoms with Crippen LogP contribution >= 0.6 is 11.6 Å². The molecule has 21 heavy (non-hydrogen) atoms. The van der Waals surface area contributed by atoms with E-state index in [4.69, 9.17) is 16.3 Å². The van der Waals surface area contributed by atoms with Gasteiger partial charge in [-0.05, 0) is 42.3 Å². The normalized spacial score (nSPS) is 14.6. The fourth-order valence-corrected chi connectivity index (χ4v) is 2.89. The Morgan fingerprint density at radius 3 is 3.10 bits per heavy atom. The second kappa shape index (κ2) is 6.46. The lowest BCUT2D eigenvalue weighted by atomic mass is 9.99. The minimum absolute atomic E-state index is 0.0181. The fourth-order valence-electron chi connectivity index (χ4n) is 2.66. The van der Waals surface area contributed by atoms with Gasteiger partial charge in [-0.25, -0.2) is 0 Å². The average Bonchev–Trinajstić information content (AvgIpc) is 2.97. The molecule has 0 bridgehead atoms. The number of nitrogens with zero attached hydrogens (tertiary/aromatic N) is 1. The first-order chi connectivity index (χ1) is 10.3. The summed E-state index contributed by atoms with van der Waals surface area (Å²) in [5.41, 5.74) is 3.34. The van der Waals surface area contributed by atoms with Crippen LogP contribution in [0.3, 0.4) is 0 Å². The zero-order valence-electron chi connectivity index (χ0n) is 12.1. The van der Waals surface area contributed by atoms with Gasteiger partial charge in [0.2, 0.25) is 0 Å². The van der Waals surface area contributed by atoms with E-state index in [0.717, 1.165) is 37.4 Å². The van der Waals surface area contributed by atoms with Crippen LogP contribution in [0.5, 0.6) is 5.75 Å². The molecule has 1 atom stereocenters. The number of halogens is 1. The number of pyridine rings is 1. The van der Waals surface area contributed by atoms with Gasteiger partial charge in [0.1, 0.15) is 5.75 Å². The summed E-state index contributed by atoms with van der Waals surface area (Å²) in [7, 11) is 0. The van der Waals surface area contributed by atoms with Gasteiger partial charge in [-0.3, -0.25) is 4.98 Å². The molecular weight excluding hydrogens is 284 g/mol. The fraction of sp³-hybridized carbons (Fsp3) is 0.353. The maximum atomic E-state index is 6.34. The van der Waals surface area contributed by atoms with E-state index >= 15 is 0 Å². The monoisotopic (exact) mass is 302 g/mol. The topological polar surface area (TPSA) is 34.1 Å².